The fraction of sp³-hybridized carbons (Fsp3) is 0.480. The van der Waals surface area contributed by atoms with Crippen LogP contribution in [-0.4, -0.2) is 81.0 Å². The first-order valence-electron chi connectivity index (χ1n) is 12.2. The number of sulfonamides is 1. The molecule has 0 aromatic heterocycles. The van der Waals surface area contributed by atoms with Crippen molar-refractivity contribution in [2.24, 2.45) is 0 Å². The molecule has 2 aromatic rings. The van der Waals surface area contributed by atoms with Crippen LogP contribution in [0.3, 0.4) is 0 Å². The van der Waals surface area contributed by atoms with Crippen molar-refractivity contribution in [1.29, 1.82) is 0 Å². The number of hydrogen-bond acceptors (Lipinski definition) is 4. The average Bonchev–Trinajstić information content (AvgIpc) is 2.87. The lowest BCUT2D eigenvalue weighted by molar-refractivity contribution is 0.105. The molecule has 11 heteroatoms. The Morgan fingerprint density at radius 3 is 2.39 bits per heavy atom. The third-order valence-electron chi connectivity index (χ3n) is 6.70. The van der Waals surface area contributed by atoms with Crippen molar-refractivity contribution in [1.82, 2.24) is 14.7 Å². The molecule has 1 atom stereocenters. The van der Waals surface area contributed by atoms with E-state index in [1.54, 1.807) is 9.80 Å². The van der Waals surface area contributed by atoms with Crippen LogP contribution in [0.5, 0.6) is 0 Å². The molecule has 0 N–H and O–H groups in total. The molecule has 7 nitrogen and oxygen atoms in total. The van der Waals surface area contributed by atoms with Crippen LogP contribution in [0.15, 0.2) is 47.4 Å². The summed E-state index contributed by atoms with van der Waals surface area (Å²) < 4.78 is 57.6. The summed E-state index contributed by atoms with van der Waals surface area (Å²) in [5.41, 5.74) is -0.377. The van der Waals surface area contributed by atoms with Gasteiger partial charge in [-0.25, -0.2) is 22.0 Å². The molecule has 0 aliphatic carbocycles. The van der Waals surface area contributed by atoms with E-state index in [-0.39, 0.29) is 23.2 Å². The van der Waals surface area contributed by atoms with Crippen LogP contribution >= 0.6 is 11.6 Å². The normalized spacial score (nSPS) is 19.4. The highest BCUT2D eigenvalue weighted by Crippen LogP contribution is 2.33. The molecular weight excluding hydrogens is 510 g/mol. The van der Waals surface area contributed by atoms with E-state index in [2.05, 4.69) is 11.8 Å². The molecule has 2 aliphatic rings. The van der Waals surface area contributed by atoms with Gasteiger partial charge in [0.05, 0.1) is 16.6 Å². The summed E-state index contributed by atoms with van der Waals surface area (Å²) in [5.74, 6) is -1.61. The van der Waals surface area contributed by atoms with Crippen molar-refractivity contribution >= 4 is 33.3 Å². The van der Waals surface area contributed by atoms with Gasteiger partial charge in [-0.3, -0.25) is 9.21 Å². The highest BCUT2D eigenvalue weighted by atomic mass is 35.5. The van der Waals surface area contributed by atoms with Gasteiger partial charge < -0.3 is 9.80 Å². The molecule has 2 amide bonds. The first kappa shape index (κ1) is 26.6. The fourth-order valence-electron chi connectivity index (χ4n) is 4.90. The zero-order valence-electron chi connectivity index (χ0n) is 20.2. The minimum atomic E-state index is -4.29. The van der Waals surface area contributed by atoms with Gasteiger partial charge in [-0.1, -0.05) is 18.5 Å². The van der Waals surface area contributed by atoms with Gasteiger partial charge in [0.2, 0.25) is 0 Å². The lowest BCUT2D eigenvalue weighted by Gasteiger charge is -2.42. The maximum absolute atomic E-state index is 14.9. The van der Waals surface area contributed by atoms with Crippen LogP contribution in [0.2, 0.25) is 5.02 Å². The molecule has 2 fully saturated rings. The molecule has 196 valence electrons. The minimum Gasteiger partial charge on any atom is -0.323 e. The molecule has 36 heavy (non-hydrogen) atoms. The number of piperazine rings is 1. The smallest absolute Gasteiger partial charge is 0.320 e. The van der Waals surface area contributed by atoms with Crippen molar-refractivity contribution in [2.45, 2.75) is 37.1 Å². The van der Waals surface area contributed by atoms with Crippen LogP contribution in [0.1, 0.15) is 26.2 Å². The monoisotopic (exact) mass is 540 g/mol. The molecule has 0 bridgehead atoms. The number of rotatable bonds is 6. The summed E-state index contributed by atoms with van der Waals surface area (Å²) in [7, 11) is -4.29. The van der Waals surface area contributed by atoms with Gasteiger partial charge in [0.25, 0.3) is 10.0 Å². The molecule has 0 saturated carbocycles. The number of nitrogens with zero attached hydrogens (tertiary/aromatic N) is 4. The van der Waals surface area contributed by atoms with E-state index in [9.17, 15) is 22.0 Å². The minimum absolute atomic E-state index is 0.0801. The number of hydrogen-bond donors (Lipinski definition) is 0. The van der Waals surface area contributed by atoms with E-state index in [0.29, 0.717) is 37.5 Å². The van der Waals surface area contributed by atoms with Gasteiger partial charge in [0.1, 0.15) is 11.6 Å². The zero-order chi connectivity index (χ0) is 25.9. The molecule has 2 saturated heterocycles. The Bertz CT molecular complexity index is 1170. The molecule has 4 rings (SSSR count). The van der Waals surface area contributed by atoms with Gasteiger partial charge in [0.15, 0.2) is 0 Å². The van der Waals surface area contributed by atoms with E-state index in [0.717, 1.165) is 48.6 Å². The second-order valence-electron chi connectivity index (χ2n) is 9.20. The fourth-order valence-corrected chi connectivity index (χ4v) is 6.69. The van der Waals surface area contributed by atoms with E-state index >= 15 is 0 Å². The van der Waals surface area contributed by atoms with Crippen LogP contribution in [0.25, 0.3) is 0 Å². The van der Waals surface area contributed by atoms with Crippen molar-refractivity contribution in [3.63, 3.8) is 0 Å². The largest absolute Gasteiger partial charge is 0.323 e. The standard InChI is InChI=1S/C25H31ClF2N4O3S/c1-2-11-29-13-15-30(16-14-29)25(33)31-12-3-4-21(18-31)32(24-17-20(27)7-10-23(24)28)36(34,35)22-8-5-19(26)6-9-22/h5-10,17,21H,2-4,11-16,18H2,1H3/t21-/m0/s1. The van der Waals surface area contributed by atoms with Gasteiger partial charge in [-0.15, -0.1) is 0 Å². The highest BCUT2D eigenvalue weighted by molar-refractivity contribution is 7.92. The average molecular weight is 541 g/mol. The lowest BCUT2D eigenvalue weighted by Crippen LogP contribution is -2.57. The maximum atomic E-state index is 14.9. The third-order valence-corrected chi connectivity index (χ3v) is 8.83. The summed E-state index contributed by atoms with van der Waals surface area (Å²) in [6.07, 6.45) is 1.99. The predicted octanol–water partition coefficient (Wildman–Crippen LogP) is 4.43. The van der Waals surface area contributed by atoms with E-state index < -0.39 is 27.7 Å². The second kappa shape index (κ2) is 11.3. The number of anilines is 1. The number of carbonyl (C=O) groups excluding carboxylic acids is 1. The molecule has 0 spiro atoms. The third kappa shape index (κ3) is 5.76. The van der Waals surface area contributed by atoms with Crippen LogP contribution in [-0.2, 0) is 10.0 Å². The van der Waals surface area contributed by atoms with Gasteiger partial charge in [0, 0.05) is 50.4 Å². The van der Waals surface area contributed by atoms with E-state index in [1.165, 1.54) is 24.3 Å². The number of piperidine rings is 1. The number of halogens is 3. The maximum Gasteiger partial charge on any atom is 0.320 e. The first-order chi connectivity index (χ1) is 17.2. The van der Waals surface area contributed by atoms with Gasteiger partial charge >= 0.3 is 6.03 Å². The van der Waals surface area contributed by atoms with Gasteiger partial charge in [-0.2, -0.15) is 0 Å². The summed E-state index contributed by atoms with van der Waals surface area (Å²) in [6.45, 7) is 6.46. The lowest BCUT2D eigenvalue weighted by atomic mass is 10.1. The summed E-state index contributed by atoms with van der Waals surface area (Å²) in [4.78, 5) is 19.0. The summed E-state index contributed by atoms with van der Waals surface area (Å²) in [5, 5.41) is 0.353. The van der Waals surface area contributed by atoms with Crippen molar-refractivity contribution < 1.29 is 22.0 Å². The Hall–Kier alpha value is -2.43. The Kier molecular flexibility index (Phi) is 8.37. The topological polar surface area (TPSA) is 64.2 Å². The van der Waals surface area contributed by atoms with Crippen molar-refractivity contribution in [3.8, 4) is 0 Å². The molecule has 0 radical (unpaired) electrons. The number of carbonyl (C=O) groups is 1. The Morgan fingerprint density at radius 2 is 1.72 bits per heavy atom. The first-order valence-corrected chi connectivity index (χ1v) is 14.0. The van der Waals surface area contributed by atoms with Crippen molar-refractivity contribution in [3.05, 3.63) is 59.1 Å². The van der Waals surface area contributed by atoms with E-state index in [4.69, 9.17) is 11.6 Å². The predicted molar refractivity (Wildman–Crippen MR) is 136 cm³/mol. The number of amides is 2. The number of benzene rings is 2. The number of urea groups is 1. The van der Waals surface area contributed by atoms with Gasteiger partial charge in [-0.05, 0) is 62.2 Å². The molecule has 2 heterocycles. The zero-order valence-corrected chi connectivity index (χ0v) is 21.8. The van der Waals surface area contributed by atoms with Crippen molar-refractivity contribution in [2.75, 3.05) is 50.1 Å². The Morgan fingerprint density at radius 1 is 1.03 bits per heavy atom. The quantitative estimate of drug-likeness (QED) is 0.544. The summed E-state index contributed by atoms with van der Waals surface area (Å²) in [6, 6.07) is 7.37. The molecular formula is C25H31ClF2N4O3S. The Balaban J connectivity index is 1.62. The number of likely N-dealkylation sites (tertiary alicyclic amines) is 1. The molecule has 0 unspecified atom stereocenters. The molecule has 2 aliphatic heterocycles. The highest BCUT2D eigenvalue weighted by Gasteiger charge is 2.38. The Labute approximate surface area is 216 Å². The second-order valence-corrected chi connectivity index (χ2v) is 11.5. The molecule has 2 aromatic carbocycles. The SMILES string of the molecule is CCCN1CCN(C(=O)N2CCC[C@H](N(c3cc(F)ccc3F)S(=O)(=O)c3ccc(Cl)cc3)C2)CC1. The van der Waals surface area contributed by atoms with E-state index in [1.807, 2.05) is 0 Å². The van der Waals surface area contributed by atoms with Crippen LogP contribution in [0.4, 0.5) is 19.3 Å². The van der Waals surface area contributed by atoms with Crippen LogP contribution in [0, 0.1) is 11.6 Å². The van der Waals surface area contributed by atoms with Crippen LogP contribution < -0.4 is 4.31 Å². The summed E-state index contributed by atoms with van der Waals surface area (Å²) >= 11 is 5.94.